The molecule has 2 heterocycles. The summed E-state index contributed by atoms with van der Waals surface area (Å²) in [5.41, 5.74) is 13.4. The average molecular weight is 704 g/mol. The van der Waals surface area contributed by atoms with Crippen LogP contribution in [0.15, 0.2) is 193 Å². The number of nitrogens with one attached hydrogen (secondary N) is 1. The van der Waals surface area contributed by atoms with Gasteiger partial charge in [-0.15, -0.1) is 0 Å². The van der Waals surface area contributed by atoms with Crippen LogP contribution in [0.4, 0.5) is 5.69 Å². The standard InChI is InChI=1S/C46H33N5O3/c52-46(37-21-23-39(24-22-37)49-42(33-13-5-1-6-14-33)29-30-43(49)34-15-7-2-8-16-34)48-47-32-38-31-44(35-17-9-3-10-18-35)50(45(38)36-19-11-4-12-20-36)40-25-27-41(28-26-40)51(53)54/h1-32H,(H,48,52)/b47-32+. The largest absolute Gasteiger partial charge is 0.309 e. The minimum atomic E-state index is -0.408. The van der Waals surface area contributed by atoms with Crippen molar-refractivity contribution in [2.45, 2.75) is 0 Å². The SMILES string of the molecule is O=C(N/N=C/c1cc(-c2ccccc2)n(-c2ccc([N+](=O)[O-])cc2)c1-c1ccccc1)c1ccc(-n2c(-c3ccccc3)ccc2-c2ccccc2)cc1. The van der Waals surface area contributed by atoms with Crippen LogP contribution in [0, 0.1) is 10.1 Å². The second-order valence-electron chi connectivity index (χ2n) is 12.6. The number of non-ortho nitro benzene ring substituents is 1. The number of hydrogen-bond acceptors (Lipinski definition) is 4. The molecule has 260 valence electrons. The summed E-state index contributed by atoms with van der Waals surface area (Å²) in [4.78, 5) is 24.5. The summed E-state index contributed by atoms with van der Waals surface area (Å²) in [5, 5.41) is 15.9. The molecular weight excluding hydrogens is 671 g/mol. The van der Waals surface area contributed by atoms with Crippen LogP contribution >= 0.6 is 0 Å². The Morgan fingerprint density at radius 1 is 0.537 bits per heavy atom. The lowest BCUT2D eigenvalue weighted by Gasteiger charge is -2.15. The molecular formula is C46H33N5O3. The fourth-order valence-electron chi connectivity index (χ4n) is 6.70. The highest BCUT2D eigenvalue weighted by atomic mass is 16.6. The van der Waals surface area contributed by atoms with Gasteiger partial charge in [-0.05, 0) is 76.9 Å². The zero-order chi connectivity index (χ0) is 36.9. The highest BCUT2D eigenvalue weighted by molar-refractivity contribution is 5.97. The van der Waals surface area contributed by atoms with E-state index in [0.29, 0.717) is 5.56 Å². The Kier molecular flexibility index (Phi) is 9.29. The van der Waals surface area contributed by atoms with Gasteiger partial charge in [0, 0.05) is 34.6 Å². The van der Waals surface area contributed by atoms with Gasteiger partial charge < -0.3 is 9.13 Å². The second kappa shape index (κ2) is 15.0. The third kappa shape index (κ3) is 6.75. The minimum Gasteiger partial charge on any atom is -0.309 e. The van der Waals surface area contributed by atoms with Gasteiger partial charge in [0.25, 0.3) is 11.6 Å². The first-order valence-electron chi connectivity index (χ1n) is 17.4. The topological polar surface area (TPSA) is 94.5 Å². The Morgan fingerprint density at radius 2 is 0.981 bits per heavy atom. The number of benzene rings is 6. The van der Waals surface area contributed by atoms with Gasteiger partial charge in [-0.25, -0.2) is 5.43 Å². The predicted molar refractivity (Wildman–Crippen MR) is 215 cm³/mol. The van der Waals surface area contributed by atoms with Crippen LogP contribution in [0.2, 0.25) is 0 Å². The van der Waals surface area contributed by atoms with E-state index < -0.39 is 4.92 Å². The smallest absolute Gasteiger partial charge is 0.271 e. The van der Waals surface area contributed by atoms with Crippen molar-refractivity contribution in [2.24, 2.45) is 5.10 Å². The maximum Gasteiger partial charge on any atom is 0.271 e. The van der Waals surface area contributed by atoms with Gasteiger partial charge in [-0.1, -0.05) is 121 Å². The van der Waals surface area contributed by atoms with E-state index in [1.165, 1.54) is 12.1 Å². The molecule has 0 aliphatic heterocycles. The van der Waals surface area contributed by atoms with Crippen LogP contribution in [0.3, 0.4) is 0 Å². The Morgan fingerprint density at radius 3 is 1.48 bits per heavy atom. The van der Waals surface area contributed by atoms with E-state index in [-0.39, 0.29) is 11.6 Å². The van der Waals surface area contributed by atoms with Crippen molar-refractivity contribution in [2.75, 3.05) is 0 Å². The van der Waals surface area contributed by atoms with Crippen LogP contribution in [0.25, 0.3) is 56.4 Å². The number of hydrogen-bond donors (Lipinski definition) is 1. The Bertz CT molecular complexity index is 2520. The predicted octanol–water partition coefficient (Wildman–Crippen LogP) is 10.6. The Balaban J connectivity index is 1.12. The van der Waals surface area contributed by atoms with Gasteiger partial charge in [-0.2, -0.15) is 5.10 Å². The first-order valence-corrected chi connectivity index (χ1v) is 17.4. The Labute approximate surface area is 312 Å². The monoisotopic (exact) mass is 703 g/mol. The van der Waals surface area contributed by atoms with Crippen molar-refractivity contribution in [3.8, 4) is 56.4 Å². The maximum absolute atomic E-state index is 13.5. The van der Waals surface area contributed by atoms with Gasteiger partial charge in [0.05, 0.1) is 33.9 Å². The van der Waals surface area contributed by atoms with E-state index in [1.54, 1.807) is 30.5 Å². The maximum atomic E-state index is 13.5. The van der Waals surface area contributed by atoms with Crippen molar-refractivity contribution in [3.05, 3.63) is 209 Å². The van der Waals surface area contributed by atoms with Gasteiger partial charge in [-0.3, -0.25) is 14.9 Å². The molecule has 1 amide bonds. The highest BCUT2D eigenvalue weighted by Crippen LogP contribution is 2.36. The van der Waals surface area contributed by atoms with Crippen molar-refractivity contribution in [3.63, 3.8) is 0 Å². The van der Waals surface area contributed by atoms with Crippen LogP contribution < -0.4 is 5.43 Å². The van der Waals surface area contributed by atoms with Gasteiger partial charge in [0.15, 0.2) is 0 Å². The molecule has 0 saturated heterocycles. The van der Waals surface area contributed by atoms with Crippen molar-refractivity contribution in [1.29, 1.82) is 0 Å². The molecule has 8 nitrogen and oxygen atoms in total. The van der Waals surface area contributed by atoms with Crippen LogP contribution in [0.5, 0.6) is 0 Å². The highest BCUT2D eigenvalue weighted by Gasteiger charge is 2.20. The molecule has 0 spiro atoms. The number of carbonyl (C=O) groups is 1. The summed E-state index contributed by atoms with van der Waals surface area (Å²) in [6, 6.07) is 60.5. The molecule has 8 aromatic rings. The molecule has 54 heavy (non-hydrogen) atoms. The zero-order valence-corrected chi connectivity index (χ0v) is 29.0. The number of aromatic nitrogens is 2. The molecule has 8 rings (SSSR count). The number of nitrogens with zero attached hydrogens (tertiary/aromatic N) is 4. The van der Waals surface area contributed by atoms with E-state index in [2.05, 4.69) is 56.1 Å². The second-order valence-corrected chi connectivity index (χ2v) is 12.6. The first-order chi connectivity index (χ1) is 26.5. The zero-order valence-electron chi connectivity index (χ0n) is 29.0. The third-order valence-electron chi connectivity index (χ3n) is 9.24. The summed E-state index contributed by atoms with van der Waals surface area (Å²) >= 11 is 0. The quantitative estimate of drug-likeness (QED) is 0.0873. The van der Waals surface area contributed by atoms with Crippen molar-refractivity contribution in [1.82, 2.24) is 14.6 Å². The summed E-state index contributed by atoms with van der Waals surface area (Å²) in [6.07, 6.45) is 1.64. The van der Waals surface area contributed by atoms with E-state index in [9.17, 15) is 14.9 Å². The third-order valence-corrected chi connectivity index (χ3v) is 9.24. The fraction of sp³-hybridized carbons (Fsp3) is 0. The average Bonchev–Trinajstić information content (AvgIpc) is 3.85. The lowest BCUT2D eigenvalue weighted by molar-refractivity contribution is -0.384. The van der Waals surface area contributed by atoms with Gasteiger partial charge >= 0.3 is 0 Å². The first kappa shape index (κ1) is 33.6. The number of rotatable bonds is 10. The van der Waals surface area contributed by atoms with Gasteiger partial charge in [0.1, 0.15) is 0 Å². The molecule has 0 saturated carbocycles. The van der Waals surface area contributed by atoms with Gasteiger partial charge in [0.2, 0.25) is 0 Å². The van der Waals surface area contributed by atoms with E-state index >= 15 is 0 Å². The molecule has 0 fully saturated rings. The lowest BCUT2D eigenvalue weighted by Crippen LogP contribution is -2.17. The summed E-state index contributed by atoms with van der Waals surface area (Å²) in [5.74, 6) is -0.351. The van der Waals surface area contributed by atoms with Crippen LogP contribution in [-0.4, -0.2) is 26.2 Å². The molecule has 1 N–H and O–H groups in total. The van der Waals surface area contributed by atoms with Crippen LogP contribution in [0.1, 0.15) is 15.9 Å². The summed E-state index contributed by atoms with van der Waals surface area (Å²) in [7, 11) is 0. The van der Waals surface area contributed by atoms with Crippen molar-refractivity contribution < 1.29 is 9.72 Å². The number of amides is 1. The summed E-state index contributed by atoms with van der Waals surface area (Å²) in [6.45, 7) is 0. The number of carbonyl (C=O) groups excluding carboxylic acids is 1. The number of nitro benzene ring substituents is 1. The summed E-state index contributed by atoms with van der Waals surface area (Å²) < 4.78 is 4.26. The fourth-order valence-corrected chi connectivity index (χ4v) is 6.70. The van der Waals surface area contributed by atoms with E-state index in [4.69, 9.17) is 0 Å². The molecule has 8 heteroatoms. The molecule has 0 unspecified atom stereocenters. The molecule has 6 aromatic carbocycles. The molecule has 0 aliphatic rings. The van der Waals surface area contributed by atoms with Crippen LogP contribution in [-0.2, 0) is 0 Å². The van der Waals surface area contributed by atoms with E-state index in [1.807, 2.05) is 115 Å². The minimum absolute atomic E-state index is 0.00703. The lowest BCUT2D eigenvalue weighted by atomic mass is 10.1. The molecule has 2 aromatic heterocycles. The Hall–Kier alpha value is -7.58. The van der Waals surface area contributed by atoms with Crippen molar-refractivity contribution >= 4 is 17.8 Å². The van der Waals surface area contributed by atoms with E-state index in [0.717, 1.165) is 62.0 Å². The number of hydrazone groups is 1. The normalized spacial score (nSPS) is 11.1. The molecule has 0 aliphatic carbocycles. The molecule has 0 atom stereocenters. The molecule has 0 bridgehead atoms. The number of nitro groups is 1. The molecule has 0 radical (unpaired) electrons.